The molecule has 0 saturated carbocycles. The van der Waals surface area contributed by atoms with Crippen molar-refractivity contribution in [3.8, 4) is 5.75 Å². The number of hydrogen-bond donors (Lipinski definition) is 0. The Hall–Kier alpha value is -3.18. The van der Waals surface area contributed by atoms with Crippen molar-refractivity contribution >= 4 is 38.3 Å². The summed E-state index contributed by atoms with van der Waals surface area (Å²) in [5.74, 6) is 0.520. The zero-order valence-corrected chi connectivity index (χ0v) is 16.8. The Morgan fingerprint density at radius 1 is 0.964 bits per heavy atom. The number of aromatic nitrogens is 1. The highest BCUT2D eigenvalue weighted by Crippen LogP contribution is 2.37. The normalized spacial score (nSPS) is 10.8. The predicted molar refractivity (Wildman–Crippen MR) is 115 cm³/mol. The standard InChI is InChI=1S/C23H20N2O2S/c1-15-8-6-9-16(2)21(15)25(22(26)17-10-7-11-18(14-17)27-3)23-24-19-12-4-5-13-20(19)28-23/h4-14H,1-3H3. The van der Waals surface area contributed by atoms with Crippen LogP contribution in [0.5, 0.6) is 5.75 Å². The summed E-state index contributed by atoms with van der Waals surface area (Å²) in [6.45, 7) is 4.03. The van der Waals surface area contributed by atoms with Crippen LogP contribution in [0, 0.1) is 13.8 Å². The molecule has 0 N–H and O–H groups in total. The highest BCUT2D eigenvalue weighted by molar-refractivity contribution is 7.22. The smallest absolute Gasteiger partial charge is 0.264 e. The maximum atomic E-state index is 13.6. The number of aryl methyl sites for hydroxylation is 2. The number of anilines is 2. The van der Waals surface area contributed by atoms with Gasteiger partial charge in [-0.05, 0) is 55.3 Å². The van der Waals surface area contributed by atoms with E-state index in [4.69, 9.17) is 9.72 Å². The molecule has 0 aliphatic carbocycles. The van der Waals surface area contributed by atoms with E-state index in [0.717, 1.165) is 27.0 Å². The molecule has 3 aromatic carbocycles. The lowest BCUT2D eigenvalue weighted by molar-refractivity contribution is 0.0998. The lowest BCUT2D eigenvalue weighted by Gasteiger charge is -2.24. The van der Waals surface area contributed by atoms with Crippen LogP contribution in [-0.4, -0.2) is 18.0 Å². The number of amides is 1. The number of carbonyl (C=O) groups is 1. The third-order valence-electron chi connectivity index (χ3n) is 4.66. The quantitative estimate of drug-likeness (QED) is 0.437. The Morgan fingerprint density at radius 2 is 1.68 bits per heavy atom. The van der Waals surface area contributed by atoms with Crippen molar-refractivity contribution in [1.82, 2.24) is 4.98 Å². The van der Waals surface area contributed by atoms with Crippen molar-refractivity contribution in [2.45, 2.75) is 13.8 Å². The van der Waals surface area contributed by atoms with Gasteiger partial charge in [0.25, 0.3) is 5.91 Å². The molecule has 0 aliphatic heterocycles. The number of nitrogens with zero attached hydrogens (tertiary/aromatic N) is 2. The van der Waals surface area contributed by atoms with Crippen LogP contribution >= 0.6 is 11.3 Å². The number of hydrogen-bond acceptors (Lipinski definition) is 4. The van der Waals surface area contributed by atoms with Crippen molar-refractivity contribution in [3.63, 3.8) is 0 Å². The molecule has 0 bridgehead atoms. The molecule has 0 radical (unpaired) electrons. The zero-order chi connectivity index (χ0) is 19.7. The van der Waals surface area contributed by atoms with E-state index in [9.17, 15) is 4.79 Å². The van der Waals surface area contributed by atoms with Gasteiger partial charge >= 0.3 is 0 Å². The van der Waals surface area contributed by atoms with Gasteiger partial charge in [-0.25, -0.2) is 4.98 Å². The van der Waals surface area contributed by atoms with Gasteiger partial charge in [0.05, 0.1) is 23.0 Å². The summed E-state index contributed by atoms with van der Waals surface area (Å²) in [6.07, 6.45) is 0. The molecule has 5 heteroatoms. The van der Waals surface area contributed by atoms with Crippen LogP contribution < -0.4 is 9.64 Å². The van der Waals surface area contributed by atoms with Crippen LogP contribution in [0.4, 0.5) is 10.8 Å². The lowest BCUT2D eigenvalue weighted by atomic mass is 10.1. The molecule has 4 rings (SSSR count). The largest absolute Gasteiger partial charge is 0.497 e. The fourth-order valence-corrected chi connectivity index (χ4v) is 4.25. The van der Waals surface area contributed by atoms with Crippen LogP contribution in [0.15, 0.2) is 66.7 Å². The minimum absolute atomic E-state index is 0.129. The molecule has 0 atom stereocenters. The Bertz CT molecular complexity index is 1110. The molecule has 0 saturated heterocycles. The van der Waals surface area contributed by atoms with E-state index >= 15 is 0 Å². The van der Waals surface area contributed by atoms with Gasteiger partial charge in [0.15, 0.2) is 5.13 Å². The topological polar surface area (TPSA) is 42.4 Å². The molecule has 0 aliphatic rings. The summed E-state index contributed by atoms with van der Waals surface area (Å²) in [6, 6.07) is 21.2. The number of methoxy groups -OCH3 is 1. The maximum absolute atomic E-state index is 13.6. The van der Waals surface area contributed by atoms with Gasteiger partial charge in [-0.1, -0.05) is 47.7 Å². The molecule has 0 spiro atoms. The fraction of sp³-hybridized carbons (Fsp3) is 0.130. The lowest BCUT2D eigenvalue weighted by Crippen LogP contribution is -2.27. The first-order chi connectivity index (χ1) is 13.6. The molecule has 1 aromatic heterocycles. The number of rotatable bonds is 4. The third-order valence-corrected chi connectivity index (χ3v) is 5.68. The van der Waals surface area contributed by atoms with E-state index < -0.39 is 0 Å². The van der Waals surface area contributed by atoms with Gasteiger partial charge in [0, 0.05) is 5.56 Å². The van der Waals surface area contributed by atoms with Crippen LogP contribution in [0.1, 0.15) is 21.5 Å². The van der Waals surface area contributed by atoms with Gasteiger partial charge < -0.3 is 4.74 Å². The maximum Gasteiger partial charge on any atom is 0.264 e. The summed E-state index contributed by atoms with van der Waals surface area (Å²) >= 11 is 1.51. The number of thiazole rings is 1. The van der Waals surface area contributed by atoms with Gasteiger partial charge in [0.1, 0.15) is 5.75 Å². The molecule has 4 nitrogen and oxygen atoms in total. The summed E-state index contributed by atoms with van der Waals surface area (Å²) in [5, 5.41) is 0.659. The second kappa shape index (κ2) is 7.44. The zero-order valence-electron chi connectivity index (χ0n) is 16.0. The van der Waals surface area contributed by atoms with Crippen molar-refractivity contribution < 1.29 is 9.53 Å². The summed E-state index contributed by atoms with van der Waals surface area (Å²) in [5.41, 5.74) is 4.36. The van der Waals surface area contributed by atoms with Crippen molar-refractivity contribution in [2.24, 2.45) is 0 Å². The second-order valence-electron chi connectivity index (χ2n) is 6.58. The van der Waals surface area contributed by atoms with Gasteiger partial charge in [-0.2, -0.15) is 0 Å². The van der Waals surface area contributed by atoms with Crippen LogP contribution in [0.25, 0.3) is 10.2 Å². The number of para-hydroxylation sites is 2. The first-order valence-electron chi connectivity index (χ1n) is 8.99. The Morgan fingerprint density at radius 3 is 2.39 bits per heavy atom. The van der Waals surface area contributed by atoms with Crippen LogP contribution in [-0.2, 0) is 0 Å². The van der Waals surface area contributed by atoms with Gasteiger partial charge in [-0.3, -0.25) is 9.69 Å². The van der Waals surface area contributed by atoms with Crippen molar-refractivity contribution in [1.29, 1.82) is 0 Å². The molecular weight excluding hydrogens is 368 g/mol. The summed E-state index contributed by atoms with van der Waals surface area (Å²) in [7, 11) is 1.60. The number of carbonyl (C=O) groups excluding carboxylic acids is 1. The molecule has 0 fully saturated rings. The van der Waals surface area contributed by atoms with Crippen molar-refractivity contribution in [2.75, 3.05) is 12.0 Å². The van der Waals surface area contributed by atoms with E-state index in [2.05, 4.69) is 0 Å². The van der Waals surface area contributed by atoms with Gasteiger partial charge in [-0.15, -0.1) is 0 Å². The molecule has 140 valence electrons. The average Bonchev–Trinajstić information content (AvgIpc) is 3.14. The fourth-order valence-electron chi connectivity index (χ4n) is 3.28. The molecule has 0 unspecified atom stereocenters. The SMILES string of the molecule is COc1cccc(C(=O)N(c2nc3ccccc3s2)c2c(C)cccc2C)c1. The van der Waals surface area contributed by atoms with E-state index in [0.29, 0.717) is 16.4 Å². The first-order valence-corrected chi connectivity index (χ1v) is 9.80. The predicted octanol–water partition coefficient (Wildman–Crippen LogP) is 5.90. The highest BCUT2D eigenvalue weighted by Gasteiger charge is 2.26. The second-order valence-corrected chi connectivity index (χ2v) is 7.59. The number of benzene rings is 3. The minimum Gasteiger partial charge on any atom is -0.497 e. The van der Waals surface area contributed by atoms with E-state index in [1.54, 1.807) is 24.1 Å². The van der Waals surface area contributed by atoms with Crippen LogP contribution in [0.2, 0.25) is 0 Å². The average molecular weight is 388 g/mol. The van der Waals surface area contributed by atoms with Crippen molar-refractivity contribution in [3.05, 3.63) is 83.4 Å². The number of fused-ring (bicyclic) bond motifs is 1. The molecular formula is C23H20N2O2S. The Balaban J connectivity index is 1.91. The summed E-state index contributed by atoms with van der Waals surface area (Å²) in [4.78, 5) is 20.1. The summed E-state index contributed by atoms with van der Waals surface area (Å²) < 4.78 is 6.36. The Labute approximate surface area is 168 Å². The number of ether oxygens (including phenoxy) is 1. The third kappa shape index (κ3) is 3.25. The van der Waals surface area contributed by atoms with E-state index in [1.165, 1.54) is 11.3 Å². The molecule has 1 heterocycles. The molecule has 28 heavy (non-hydrogen) atoms. The monoisotopic (exact) mass is 388 g/mol. The molecule has 4 aromatic rings. The first kappa shape index (κ1) is 18.2. The van der Waals surface area contributed by atoms with E-state index in [-0.39, 0.29) is 5.91 Å². The Kier molecular flexibility index (Phi) is 4.84. The highest BCUT2D eigenvalue weighted by atomic mass is 32.1. The minimum atomic E-state index is -0.129. The molecule has 1 amide bonds. The van der Waals surface area contributed by atoms with Gasteiger partial charge in [0.2, 0.25) is 0 Å². The van der Waals surface area contributed by atoms with E-state index in [1.807, 2.05) is 68.4 Å². The van der Waals surface area contributed by atoms with Crippen LogP contribution in [0.3, 0.4) is 0 Å².